The fourth-order valence-electron chi connectivity index (χ4n) is 2.47. The fraction of sp³-hybridized carbons (Fsp3) is 0.625. The fourth-order valence-corrected chi connectivity index (χ4v) is 2.68. The number of unbranched alkanes of at least 4 members (excludes halogenated alkanes) is 1. The maximum Gasteiger partial charge on any atom is 0.122 e. The summed E-state index contributed by atoms with van der Waals surface area (Å²) in [6.45, 7) is 10.7. The first-order chi connectivity index (χ1) is 9.68. The third-order valence-corrected chi connectivity index (χ3v) is 4.42. The standard InChI is InChI=1S/C16H25ClN2O.ClH/c1-13-14(2)16(6-5-15(13)17)20-12-4-3-9-19-10-7-18-8-11-19;/h5-6,18H,3-4,7-12H2,1-2H3;1H. The number of nitrogens with zero attached hydrogens (tertiary/aromatic N) is 1. The van der Waals surface area contributed by atoms with Crippen molar-refractivity contribution in [3.8, 4) is 5.75 Å². The van der Waals surface area contributed by atoms with E-state index in [2.05, 4.69) is 17.1 Å². The number of hydrogen-bond donors (Lipinski definition) is 1. The quantitative estimate of drug-likeness (QED) is 0.807. The normalized spacial score (nSPS) is 15.6. The van der Waals surface area contributed by atoms with Crippen LogP contribution in [0.25, 0.3) is 0 Å². The first-order valence-corrected chi connectivity index (χ1v) is 7.88. The van der Waals surface area contributed by atoms with Gasteiger partial charge in [0, 0.05) is 31.2 Å². The topological polar surface area (TPSA) is 24.5 Å². The van der Waals surface area contributed by atoms with Gasteiger partial charge >= 0.3 is 0 Å². The van der Waals surface area contributed by atoms with Crippen LogP contribution in [0, 0.1) is 13.8 Å². The van der Waals surface area contributed by atoms with Crippen LogP contribution in [0.4, 0.5) is 0 Å². The second-order valence-corrected chi connectivity index (χ2v) is 5.85. The Morgan fingerprint density at radius 3 is 2.57 bits per heavy atom. The summed E-state index contributed by atoms with van der Waals surface area (Å²) in [6, 6.07) is 3.89. The van der Waals surface area contributed by atoms with Crippen molar-refractivity contribution in [2.24, 2.45) is 0 Å². The molecule has 21 heavy (non-hydrogen) atoms. The van der Waals surface area contributed by atoms with Gasteiger partial charge in [0.2, 0.25) is 0 Å². The average molecular weight is 333 g/mol. The van der Waals surface area contributed by atoms with Crippen LogP contribution in [0.3, 0.4) is 0 Å². The minimum Gasteiger partial charge on any atom is -0.493 e. The van der Waals surface area contributed by atoms with E-state index in [-0.39, 0.29) is 12.4 Å². The number of rotatable bonds is 6. The molecule has 3 nitrogen and oxygen atoms in total. The molecule has 1 fully saturated rings. The first-order valence-electron chi connectivity index (χ1n) is 7.50. The van der Waals surface area contributed by atoms with E-state index < -0.39 is 0 Å². The molecule has 1 aromatic carbocycles. The van der Waals surface area contributed by atoms with Crippen molar-refractivity contribution in [1.82, 2.24) is 10.2 Å². The van der Waals surface area contributed by atoms with Crippen LogP contribution in [-0.2, 0) is 0 Å². The maximum absolute atomic E-state index is 6.09. The second kappa shape index (κ2) is 9.52. The van der Waals surface area contributed by atoms with Crippen molar-refractivity contribution < 1.29 is 4.74 Å². The van der Waals surface area contributed by atoms with E-state index in [0.717, 1.165) is 48.0 Å². The van der Waals surface area contributed by atoms with Crippen molar-refractivity contribution in [2.45, 2.75) is 26.7 Å². The Bertz CT molecular complexity index is 435. The number of hydrogen-bond acceptors (Lipinski definition) is 3. The van der Waals surface area contributed by atoms with Crippen LogP contribution in [0.2, 0.25) is 5.02 Å². The Morgan fingerprint density at radius 2 is 1.86 bits per heavy atom. The van der Waals surface area contributed by atoms with Gasteiger partial charge in [-0.25, -0.2) is 0 Å². The highest BCUT2D eigenvalue weighted by Crippen LogP contribution is 2.27. The lowest BCUT2D eigenvalue weighted by Gasteiger charge is -2.27. The molecule has 0 unspecified atom stereocenters. The number of halogens is 2. The molecular weight excluding hydrogens is 307 g/mol. The molecule has 0 radical (unpaired) electrons. The highest BCUT2D eigenvalue weighted by molar-refractivity contribution is 6.31. The molecule has 0 bridgehead atoms. The van der Waals surface area contributed by atoms with Crippen LogP contribution in [0.15, 0.2) is 12.1 Å². The molecule has 1 aliphatic rings. The van der Waals surface area contributed by atoms with Crippen LogP contribution in [0.1, 0.15) is 24.0 Å². The monoisotopic (exact) mass is 332 g/mol. The molecule has 2 rings (SSSR count). The highest BCUT2D eigenvalue weighted by atomic mass is 35.5. The van der Waals surface area contributed by atoms with Crippen LogP contribution in [0.5, 0.6) is 5.75 Å². The van der Waals surface area contributed by atoms with Gasteiger partial charge in [0.1, 0.15) is 5.75 Å². The minimum absolute atomic E-state index is 0. The Kier molecular flexibility index (Phi) is 8.42. The number of nitrogens with one attached hydrogen (secondary N) is 1. The Labute approximate surface area is 139 Å². The number of piperazine rings is 1. The van der Waals surface area contributed by atoms with Gasteiger partial charge in [0.05, 0.1) is 6.61 Å². The summed E-state index contributed by atoms with van der Waals surface area (Å²) in [7, 11) is 0. The predicted molar refractivity (Wildman–Crippen MR) is 92.2 cm³/mol. The average Bonchev–Trinajstić information content (AvgIpc) is 2.48. The number of benzene rings is 1. The largest absolute Gasteiger partial charge is 0.493 e. The third kappa shape index (κ3) is 5.67. The molecule has 0 amide bonds. The summed E-state index contributed by atoms with van der Waals surface area (Å²) in [6.07, 6.45) is 2.30. The molecule has 0 aromatic heterocycles. The van der Waals surface area contributed by atoms with Gasteiger partial charge in [-0.15, -0.1) is 12.4 Å². The maximum atomic E-state index is 6.09. The molecule has 1 aliphatic heterocycles. The van der Waals surface area contributed by atoms with E-state index in [1.807, 2.05) is 19.1 Å². The van der Waals surface area contributed by atoms with Crippen molar-refractivity contribution in [3.05, 3.63) is 28.3 Å². The number of ether oxygens (including phenoxy) is 1. The zero-order chi connectivity index (χ0) is 14.4. The lowest BCUT2D eigenvalue weighted by atomic mass is 10.1. The molecule has 5 heteroatoms. The van der Waals surface area contributed by atoms with Crippen LogP contribution >= 0.6 is 24.0 Å². The molecule has 1 saturated heterocycles. The summed E-state index contributed by atoms with van der Waals surface area (Å²) in [5, 5.41) is 4.19. The third-order valence-electron chi connectivity index (χ3n) is 4.01. The summed E-state index contributed by atoms with van der Waals surface area (Å²) in [5.41, 5.74) is 2.27. The Hall–Kier alpha value is -0.480. The molecule has 120 valence electrons. The van der Waals surface area contributed by atoms with E-state index >= 15 is 0 Å². The molecule has 1 heterocycles. The SMILES string of the molecule is Cc1c(Cl)ccc(OCCCCN2CCNCC2)c1C.Cl. The predicted octanol–water partition coefficient (Wildman–Crippen LogP) is 3.44. The van der Waals surface area contributed by atoms with Crippen molar-refractivity contribution >= 4 is 24.0 Å². The van der Waals surface area contributed by atoms with Crippen molar-refractivity contribution in [3.63, 3.8) is 0 Å². The summed E-state index contributed by atoms with van der Waals surface area (Å²) < 4.78 is 5.87. The van der Waals surface area contributed by atoms with E-state index in [1.54, 1.807) is 0 Å². The molecule has 1 N–H and O–H groups in total. The van der Waals surface area contributed by atoms with E-state index in [1.165, 1.54) is 26.1 Å². The van der Waals surface area contributed by atoms with Crippen LogP contribution < -0.4 is 10.1 Å². The zero-order valence-electron chi connectivity index (χ0n) is 13.0. The van der Waals surface area contributed by atoms with Gasteiger partial charge in [-0.1, -0.05) is 11.6 Å². The first kappa shape index (κ1) is 18.6. The lowest BCUT2D eigenvalue weighted by molar-refractivity contribution is 0.226. The van der Waals surface area contributed by atoms with Gasteiger partial charge < -0.3 is 15.0 Å². The molecule has 0 atom stereocenters. The molecule has 1 aromatic rings. The van der Waals surface area contributed by atoms with Gasteiger partial charge in [-0.3, -0.25) is 0 Å². The zero-order valence-corrected chi connectivity index (χ0v) is 14.5. The Balaban J connectivity index is 0.00000220. The highest BCUT2D eigenvalue weighted by Gasteiger charge is 2.09. The Morgan fingerprint density at radius 1 is 1.14 bits per heavy atom. The van der Waals surface area contributed by atoms with E-state index in [0.29, 0.717) is 0 Å². The minimum atomic E-state index is 0. The van der Waals surface area contributed by atoms with Gasteiger partial charge in [0.25, 0.3) is 0 Å². The lowest BCUT2D eigenvalue weighted by Crippen LogP contribution is -2.43. The van der Waals surface area contributed by atoms with E-state index in [9.17, 15) is 0 Å². The molecular formula is C16H26Cl2N2O. The molecule has 0 saturated carbocycles. The van der Waals surface area contributed by atoms with Gasteiger partial charge in [0.15, 0.2) is 0 Å². The van der Waals surface area contributed by atoms with Crippen molar-refractivity contribution in [1.29, 1.82) is 0 Å². The smallest absolute Gasteiger partial charge is 0.122 e. The second-order valence-electron chi connectivity index (χ2n) is 5.44. The summed E-state index contributed by atoms with van der Waals surface area (Å²) in [5.74, 6) is 0.967. The molecule has 0 aliphatic carbocycles. The van der Waals surface area contributed by atoms with Crippen LogP contribution in [-0.4, -0.2) is 44.2 Å². The van der Waals surface area contributed by atoms with Gasteiger partial charge in [-0.2, -0.15) is 0 Å². The molecule has 0 spiro atoms. The van der Waals surface area contributed by atoms with E-state index in [4.69, 9.17) is 16.3 Å². The van der Waals surface area contributed by atoms with Gasteiger partial charge in [-0.05, 0) is 56.5 Å². The summed E-state index contributed by atoms with van der Waals surface area (Å²) >= 11 is 6.09. The summed E-state index contributed by atoms with van der Waals surface area (Å²) in [4.78, 5) is 2.52. The van der Waals surface area contributed by atoms with Crippen molar-refractivity contribution in [2.75, 3.05) is 39.3 Å².